The van der Waals surface area contributed by atoms with Crippen LogP contribution in [0.4, 0.5) is 3.89 Å². The van der Waals surface area contributed by atoms with E-state index in [0.717, 1.165) is 17.9 Å². The van der Waals surface area contributed by atoms with Crippen LogP contribution in [0.15, 0.2) is 53.4 Å². The van der Waals surface area contributed by atoms with Crippen molar-refractivity contribution >= 4 is 10.2 Å². The summed E-state index contributed by atoms with van der Waals surface area (Å²) in [6, 6.07) is 12.1. The molecule has 6 heteroatoms. The van der Waals surface area contributed by atoms with Crippen LogP contribution in [-0.4, -0.2) is 14.5 Å². The normalized spacial score (nSPS) is 11.4. The summed E-state index contributed by atoms with van der Waals surface area (Å²) in [7, 11) is -4.68. The van der Waals surface area contributed by atoms with Gasteiger partial charge in [-0.1, -0.05) is 0 Å². The van der Waals surface area contributed by atoms with Gasteiger partial charge in [-0.2, -0.15) is 8.42 Å². The van der Waals surface area contributed by atoms with E-state index in [1.807, 2.05) is 13.8 Å². The van der Waals surface area contributed by atoms with Crippen molar-refractivity contribution < 1.29 is 21.8 Å². The van der Waals surface area contributed by atoms with E-state index in [0.29, 0.717) is 11.5 Å². The van der Waals surface area contributed by atoms with Gasteiger partial charge >= 0.3 is 10.2 Å². The van der Waals surface area contributed by atoms with Gasteiger partial charge in [0.05, 0.1) is 11.0 Å². The Morgan fingerprint density at radius 3 is 1.71 bits per heavy atom. The molecule has 112 valence electrons. The van der Waals surface area contributed by atoms with Crippen LogP contribution in [0.2, 0.25) is 0 Å². The molecule has 2 aromatic rings. The van der Waals surface area contributed by atoms with Crippen molar-refractivity contribution in [3.63, 3.8) is 0 Å². The quantitative estimate of drug-likeness (QED) is 0.785. The molecular formula is C15H15FO4S. The third-order valence-electron chi connectivity index (χ3n) is 2.54. The smallest absolute Gasteiger partial charge is 0.332 e. The molecule has 0 aromatic heterocycles. The second kappa shape index (κ2) is 6.13. The minimum atomic E-state index is -4.68. The molecule has 2 aromatic carbocycles. The molecule has 0 radical (unpaired) electrons. The second-order valence-corrected chi connectivity index (χ2v) is 6.00. The predicted octanol–water partition coefficient (Wildman–Crippen LogP) is 3.92. The first-order chi connectivity index (χ1) is 9.84. The van der Waals surface area contributed by atoms with Crippen LogP contribution in [-0.2, 0) is 10.2 Å². The minimum Gasteiger partial charge on any atom is -0.491 e. The van der Waals surface area contributed by atoms with Gasteiger partial charge in [-0.25, -0.2) is 0 Å². The Labute approximate surface area is 123 Å². The van der Waals surface area contributed by atoms with E-state index in [1.54, 1.807) is 24.3 Å². The summed E-state index contributed by atoms with van der Waals surface area (Å²) in [5.74, 6) is 1.72. The highest BCUT2D eigenvalue weighted by molar-refractivity contribution is 7.86. The van der Waals surface area contributed by atoms with Crippen molar-refractivity contribution in [3.8, 4) is 17.2 Å². The van der Waals surface area contributed by atoms with Crippen molar-refractivity contribution in [1.29, 1.82) is 0 Å². The fourth-order valence-electron chi connectivity index (χ4n) is 1.66. The molecule has 0 aliphatic carbocycles. The van der Waals surface area contributed by atoms with Gasteiger partial charge in [-0.15, -0.1) is 3.89 Å². The molecule has 0 aliphatic heterocycles. The maximum Gasteiger partial charge on any atom is 0.332 e. The fourth-order valence-corrected chi connectivity index (χ4v) is 2.13. The molecule has 0 amide bonds. The summed E-state index contributed by atoms with van der Waals surface area (Å²) in [6.45, 7) is 3.87. The van der Waals surface area contributed by atoms with E-state index in [2.05, 4.69) is 0 Å². The van der Waals surface area contributed by atoms with Gasteiger partial charge in [0.2, 0.25) is 0 Å². The predicted molar refractivity (Wildman–Crippen MR) is 77.0 cm³/mol. The third-order valence-corrected chi connectivity index (χ3v) is 3.37. The van der Waals surface area contributed by atoms with Gasteiger partial charge in [0.15, 0.2) is 0 Å². The van der Waals surface area contributed by atoms with Gasteiger partial charge < -0.3 is 9.47 Å². The number of rotatable bonds is 5. The lowest BCUT2D eigenvalue weighted by molar-refractivity contribution is 0.242. The summed E-state index contributed by atoms with van der Waals surface area (Å²) < 4.78 is 45.2. The average Bonchev–Trinajstić information content (AvgIpc) is 2.40. The van der Waals surface area contributed by atoms with Crippen LogP contribution in [0.1, 0.15) is 13.8 Å². The Morgan fingerprint density at radius 1 is 0.857 bits per heavy atom. The molecule has 0 N–H and O–H groups in total. The van der Waals surface area contributed by atoms with Crippen molar-refractivity contribution in [2.75, 3.05) is 0 Å². The minimum absolute atomic E-state index is 0.0898. The molecule has 0 spiro atoms. The SMILES string of the molecule is CC(C)Oc1ccc(Oc2ccc(S(=O)(=O)F)cc2)cc1. The highest BCUT2D eigenvalue weighted by atomic mass is 32.3. The molecule has 2 rings (SSSR count). The molecule has 0 bridgehead atoms. The summed E-state index contributed by atoms with van der Waals surface area (Å²) in [5, 5.41) is 0. The molecular weight excluding hydrogens is 295 g/mol. The molecule has 0 fully saturated rings. The van der Waals surface area contributed by atoms with Crippen molar-refractivity contribution in [2.45, 2.75) is 24.8 Å². The highest BCUT2D eigenvalue weighted by Gasteiger charge is 2.11. The third kappa shape index (κ3) is 4.46. The Hall–Kier alpha value is -2.08. The Morgan fingerprint density at radius 2 is 1.29 bits per heavy atom. The number of hydrogen-bond acceptors (Lipinski definition) is 4. The number of benzene rings is 2. The first-order valence-corrected chi connectivity index (χ1v) is 7.72. The molecule has 0 aliphatic rings. The maximum absolute atomic E-state index is 12.7. The molecule has 4 nitrogen and oxygen atoms in total. The van der Waals surface area contributed by atoms with Crippen LogP contribution in [0, 0.1) is 0 Å². The Bertz CT molecular complexity index is 691. The first-order valence-electron chi connectivity index (χ1n) is 6.34. The van der Waals surface area contributed by atoms with Crippen LogP contribution in [0.3, 0.4) is 0 Å². The molecule has 21 heavy (non-hydrogen) atoms. The molecule has 0 heterocycles. The van der Waals surface area contributed by atoms with Crippen molar-refractivity contribution in [3.05, 3.63) is 48.5 Å². The van der Waals surface area contributed by atoms with Crippen molar-refractivity contribution in [2.24, 2.45) is 0 Å². The van der Waals surface area contributed by atoms with Gasteiger partial charge in [-0.3, -0.25) is 0 Å². The van der Waals surface area contributed by atoms with E-state index in [1.165, 1.54) is 12.1 Å². The van der Waals surface area contributed by atoms with Gasteiger partial charge in [0.25, 0.3) is 0 Å². The topological polar surface area (TPSA) is 52.6 Å². The summed E-state index contributed by atoms with van der Waals surface area (Å²) in [5.41, 5.74) is 0. The van der Waals surface area contributed by atoms with Gasteiger partial charge in [0, 0.05) is 0 Å². The number of ether oxygens (including phenoxy) is 2. The van der Waals surface area contributed by atoms with Gasteiger partial charge in [0.1, 0.15) is 17.2 Å². The van der Waals surface area contributed by atoms with Gasteiger partial charge in [-0.05, 0) is 62.4 Å². The van der Waals surface area contributed by atoms with E-state index >= 15 is 0 Å². The highest BCUT2D eigenvalue weighted by Crippen LogP contribution is 2.25. The molecule has 0 saturated heterocycles. The van der Waals surface area contributed by atoms with E-state index in [-0.39, 0.29) is 6.10 Å². The number of hydrogen-bond donors (Lipinski definition) is 0. The molecule has 0 atom stereocenters. The second-order valence-electron chi connectivity index (χ2n) is 4.65. The van der Waals surface area contributed by atoms with Crippen LogP contribution < -0.4 is 9.47 Å². The van der Waals surface area contributed by atoms with Crippen LogP contribution >= 0.6 is 0 Å². The lowest BCUT2D eigenvalue weighted by Crippen LogP contribution is -2.05. The zero-order valence-corrected chi connectivity index (χ0v) is 12.4. The fraction of sp³-hybridized carbons (Fsp3) is 0.200. The lowest BCUT2D eigenvalue weighted by Gasteiger charge is -2.10. The van der Waals surface area contributed by atoms with E-state index in [9.17, 15) is 12.3 Å². The molecule has 0 unspecified atom stereocenters. The standard InChI is InChI=1S/C15H15FO4S/c1-11(2)19-12-3-5-13(6-4-12)20-14-7-9-15(10-8-14)21(16,17)18/h3-11H,1-2H3. The zero-order valence-electron chi connectivity index (χ0n) is 11.6. The number of halogens is 1. The first kappa shape index (κ1) is 15.3. The van der Waals surface area contributed by atoms with Crippen LogP contribution in [0.25, 0.3) is 0 Å². The summed E-state index contributed by atoms with van der Waals surface area (Å²) in [4.78, 5) is -0.393. The maximum atomic E-state index is 12.7. The van der Waals surface area contributed by atoms with Crippen molar-refractivity contribution in [1.82, 2.24) is 0 Å². The largest absolute Gasteiger partial charge is 0.491 e. The Kier molecular flexibility index (Phi) is 4.47. The van der Waals surface area contributed by atoms with Crippen LogP contribution in [0.5, 0.6) is 17.2 Å². The summed E-state index contributed by atoms with van der Waals surface area (Å²) >= 11 is 0. The zero-order chi connectivity index (χ0) is 15.5. The van der Waals surface area contributed by atoms with E-state index < -0.39 is 15.1 Å². The average molecular weight is 310 g/mol. The molecule has 0 saturated carbocycles. The summed E-state index contributed by atoms with van der Waals surface area (Å²) in [6.07, 6.45) is 0.0898. The van der Waals surface area contributed by atoms with E-state index in [4.69, 9.17) is 9.47 Å². The monoisotopic (exact) mass is 310 g/mol. The lowest BCUT2D eigenvalue weighted by atomic mass is 10.3. The Balaban J connectivity index is 2.08.